The standard InChI is InChI=1S/C14H21Cl2N/c1-9(2)10(3)8-17-11(4)12-5-6-13(15)14(16)7-12/h5-7,9-11,17H,8H2,1-4H3. The summed E-state index contributed by atoms with van der Waals surface area (Å²) in [5, 5.41) is 4.75. The summed E-state index contributed by atoms with van der Waals surface area (Å²) in [6.45, 7) is 9.91. The second-order valence-corrected chi connectivity index (χ2v) is 5.84. The Kier molecular flexibility index (Phi) is 5.78. The Balaban J connectivity index is 2.58. The average molecular weight is 274 g/mol. The molecule has 0 saturated heterocycles. The molecule has 17 heavy (non-hydrogen) atoms. The maximum absolute atomic E-state index is 6.01. The van der Waals surface area contributed by atoms with Crippen LogP contribution >= 0.6 is 23.2 Å². The highest BCUT2D eigenvalue weighted by Crippen LogP contribution is 2.25. The van der Waals surface area contributed by atoms with Gasteiger partial charge in [-0.2, -0.15) is 0 Å². The number of nitrogens with one attached hydrogen (secondary N) is 1. The highest BCUT2D eigenvalue weighted by atomic mass is 35.5. The molecule has 0 amide bonds. The predicted octanol–water partition coefficient (Wildman–Crippen LogP) is 4.94. The molecule has 0 spiro atoms. The summed E-state index contributed by atoms with van der Waals surface area (Å²) in [5.41, 5.74) is 1.18. The molecule has 1 rings (SSSR count). The first-order valence-corrected chi connectivity index (χ1v) is 6.85. The predicted molar refractivity (Wildman–Crippen MR) is 76.9 cm³/mol. The van der Waals surface area contributed by atoms with E-state index in [0.29, 0.717) is 27.9 Å². The molecule has 0 aliphatic rings. The Labute approximate surface area is 115 Å². The molecule has 3 heteroatoms. The van der Waals surface area contributed by atoms with Crippen molar-refractivity contribution in [2.45, 2.75) is 33.7 Å². The number of halogens is 2. The lowest BCUT2D eigenvalue weighted by Crippen LogP contribution is -2.26. The van der Waals surface area contributed by atoms with E-state index in [0.717, 1.165) is 6.54 Å². The van der Waals surface area contributed by atoms with Crippen molar-refractivity contribution in [1.29, 1.82) is 0 Å². The maximum Gasteiger partial charge on any atom is 0.0595 e. The molecule has 0 saturated carbocycles. The van der Waals surface area contributed by atoms with Gasteiger partial charge >= 0.3 is 0 Å². The molecule has 0 heterocycles. The van der Waals surface area contributed by atoms with Gasteiger partial charge in [0.05, 0.1) is 10.0 Å². The third-order valence-corrected chi connectivity index (χ3v) is 4.07. The lowest BCUT2D eigenvalue weighted by Gasteiger charge is -2.20. The Bertz CT molecular complexity index is 363. The Morgan fingerprint density at radius 1 is 1.06 bits per heavy atom. The van der Waals surface area contributed by atoms with Gasteiger partial charge in [0, 0.05) is 6.04 Å². The molecule has 96 valence electrons. The largest absolute Gasteiger partial charge is 0.310 e. The quantitative estimate of drug-likeness (QED) is 0.802. The first-order valence-electron chi connectivity index (χ1n) is 6.10. The van der Waals surface area contributed by atoms with E-state index in [2.05, 4.69) is 33.0 Å². The van der Waals surface area contributed by atoms with Gasteiger partial charge < -0.3 is 5.32 Å². The van der Waals surface area contributed by atoms with Gasteiger partial charge in [-0.1, -0.05) is 50.0 Å². The average Bonchev–Trinajstić information content (AvgIpc) is 2.28. The Morgan fingerprint density at radius 3 is 2.24 bits per heavy atom. The summed E-state index contributed by atoms with van der Waals surface area (Å²) >= 11 is 11.9. The van der Waals surface area contributed by atoms with Crippen LogP contribution in [0.2, 0.25) is 10.0 Å². The topological polar surface area (TPSA) is 12.0 Å². The minimum Gasteiger partial charge on any atom is -0.310 e. The molecule has 0 aliphatic heterocycles. The first kappa shape index (κ1) is 14.8. The second kappa shape index (κ2) is 6.63. The summed E-state index contributed by atoms with van der Waals surface area (Å²) in [7, 11) is 0. The van der Waals surface area contributed by atoms with Crippen molar-refractivity contribution in [3.63, 3.8) is 0 Å². The molecule has 1 aromatic rings. The summed E-state index contributed by atoms with van der Waals surface area (Å²) in [6, 6.07) is 6.10. The zero-order valence-electron chi connectivity index (χ0n) is 10.9. The van der Waals surface area contributed by atoms with Crippen LogP contribution < -0.4 is 5.32 Å². The first-order chi connectivity index (χ1) is 7.91. The van der Waals surface area contributed by atoms with Crippen LogP contribution in [-0.4, -0.2) is 6.54 Å². The molecule has 0 aliphatic carbocycles. The summed E-state index contributed by atoms with van der Waals surface area (Å²) in [5.74, 6) is 1.36. The van der Waals surface area contributed by atoms with E-state index in [1.807, 2.05) is 18.2 Å². The van der Waals surface area contributed by atoms with Crippen LogP contribution in [0.25, 0.3) is 0 Å². The molecule has 0 aromatic heterocycles. The lowest BCUT2D eigenvalue weighted by atomic mass is 9.97. The minimum atomic E-state index is 0.297. The van der Waals surface area contributed by atoms with Crippen molar-refractivity contribution >= 4 is 23.2 Å². The van der Waals surface area contributed by atoms with Gasteiger partial charge in [0.25, 0.3) is 0 Å². The number of benzene rings is 1. The van der Waals surface area contributed by atoms with Crippen molar-refractivity contribution in [2.24, 2.45) is 11.8 Å². The van der Waals surface area contributed by atoms with Crippen molar-refractivity contribution in [1.82, 2.24) is 5.32 Å². The molecule has 1 aromatic carbocycles. The Hall–Kier alpha value is -0.240. The summed E-state index contributed by atoms with van der Waals surface area (Å²) < 4.78 is 0. The van der Waals surface area contributed by atoms with E-state index in [4.69, 9.17) is 23.2 Å². The highest BCUT2D eigenvalue weighted by Gasteiger charge is 2.11. The Morgan fingerprint density at radius 2 is 1.71 bits per heavy atom. The molecular weight excluding hydrogens is 253 g/mol. The van der Waals surface area contributed by atoms with Crippen molar-refractivity contribution in [3.8, 4) is 0 Å². The van der Waals surface area contributed by atoms with Crippen LogP contribution in [0.4, 0.5) is 0 Å². The third kappa shape index (κ3) is 4.50. The normalized spacial score (nSPS) is 15.0. The van der Waals surface area contributed by atoms with Crippen molar-refractivity contribution in [3.05, 3.63) is 33.8 Å². The van der Waals surface area contributed by atoms with Crippen LogP contribution in [0.1, 0.15) is 39.3 Å². The third-order valence-electron chi connectivity index (χ3n) is 3.33. The molecule has 0 fully saturated rings. The van der Waals surface area contributed by atoms with E-state index < -0.39 is 0 Å². The molecule has 2 unspecified atom stereocenters. The van der Waals surface area contributed by atoms with Crippen LogP contribution in [0.15, 0.2) is 18.2 Å². The fourth-order valence-electron chi connectivity index (χ4n) is 1.50. The molecule has 0 radical (unpaired) electrons. The number of hydrogen-bond donors (Lipinski definition) is 1. The second-order valence-electron chi connectivity index (χ2n) is 5.02. The van der Waals surface area contributed by atoms with Gasteiger partial charge in [-0.3, -0.25) is 0 Å². The van der Waals surface area contributed by atoms with Crippen LogP contribution in [-0.2, 0) is 0 Å². The monoisotopic (exact) mass is 273 g/mol. The van der Waals surface area contributed by atoms with Crippen molar-refractivity contribution in [2.75, 3.05) is 6.54 Å². The summed E-state index contributed by atoms with van der Waals surface area (Å²) in [4.78, 5) is 0. The van der Waals surface area contributed by atoms with Gasteiger partial charge in [-0.05, 0) is 43.0 Å². The van der Waals surface area contributed by atoms with E-state index >= 15 is 0 Å². The van der Waals surface area contributed by atoms with Crippen LogP contribution in [0.5, 0.6) is 0 Å². The smallest absolute Gasteiger partial charge is 0.0595 e. The molecule has 2 atom stereocenters. The van der Waals surface area contributed by atoms with Crippen molar-refractivity contribution < 1.29 is 0 Å². The van der Waals surface area contributed by atoms with Crippen LogP contribution in [0.3, 0.4) is 0 Å². The fourth-order valence-corrected chi connectivity index (χ4v) is 1.80. The molecule has 1 N–H and O–H groups in total. The number of hydrogen-bond acceptors (Lipinski definition) is 1. The lowest BCUT2D eigenvalue weighted by molar-refractivity contribution is 0.375. The molecule has 0 bridgehead atoms. The highest BCUT2D eigenvalue weighted by molar-refractivity contribution is 6.42. The maximum atomic E-state index is 6.01. The van der Waals surface area contributed by atoms with Gasteiger partial charge in [0.1, 0.15) is 0 Å². The molecular formula is C14H21Cl2N. The SMILES string of the molecule is CC(NCC(C)C(C)C)c1ccc(Cl)c(Cl)c1. The zero-order chi connectivity index (χ0) is 13.0. The van der Waals surface area contributed by atoms with Gasteiger partial charge in [0.15, 0.2) is 0 Å². The summed E-state index contributed by atoms with van der Waals surface area (Å²) in [6.07, 6.45) is 0. The fraction of sp³-hybridized carbons (Fsp3) is 0.571. The van der Waals surface area contributed by atoms with E-state index in [1.54, 1.807) is 0 Å². The number of rotatable bonds is 5. The van der Waals surface area contributed by atoms with E-state index in [-0.39, 0.29) is 0 Å². The van der Waals surface area contributed by atoms with E-state index in [1.165, 1.54) is 5.56 Å². The van der Waals surface area contributed by atoms with Gasteiger partial charge in [-0.15, -0.1) is 0 Å². The van der Waals surface area contributed by atoms with Crippen LogP contribution in [0, 0.1) is 11.8 Å². The van der Waals surface area contributed by atoms with Gasteiger partial charge in [-0.25, -0.2) is 0 Å². The molecule has 1 nitrogen and oxygen atoms in total. The van der Waals surface area contributed by atoms with E-state index in [9.17, 15) is 0 Å². The zero-order valence-corrected chi connectivity index (χ0v) is 12.4. The minimum absolute atomic E-state index is 0.297. The van der Waals surface area contributed by atoms with Gasteiger partial charge in [0.2, 0.25) is 0 Å².